The predicted molar refractivity (Wildman–Crippen MR) is 94.1 cm³/mol. The lowest BCUT2D eigenvalue weighted by molar-refractivity contribution is -0.118. The van der Waals surface area contributed by atoms with Crippen molar-refractivity contribution in [2.45, 2.75) is 25.3 Å². The predicted octanol–water partition coefficient (Wildman–Crippen LogP) is 3.13. The van der Waals surface area contributed by atoms with Crippen LogP contribution < -0.4 is 10.6 Å². The maximum absolute atomic E-state index is 12.1. The van der Waals surface area contributed by atoms with E-state index >= 15 is 0 Å². The number of halogens is 2. The third kappa shape index (κ3) is 4.64. The minimum absolute atomic E-state index is 0. The molecule has 0 saturated carbocycles. The van der Waals surface area contributed by atoms with Gasteiger partial charge in [-0.1, -0.05) is 12.5 Å². The van der Waals surface area contributed by atoms with E-state index in [-0.39, 0.29) is 36.8 Å². The lowest BCUT2D eigenvalue weighted by atomic mass is 10.0. The van der Waals surface area contributed by atoms with E-state index in [2.05, 4.69) is 20.6 Å². The van der Waals surface area contributed by atoms with Crippen molar-refractivity contribution in [1.82, 2.24) is 15.3 Å². The van der Waals surface area contributed by atoms with Gasteiger partial charge in [0, 0.05) is 11.6 Å². The number of anilines is 1. The highest BCUT2D eigenvalue weighted by atomic mass is 35.5. The Hall–Kier alpha value is -1.21. The van der Waals surface area contributed by atoms with E-state index in [9.17, 15) is 4.79 Å². The van der Waals surface area contributed by atoms with Gasteiger partial charge in [0.2, 0.25) is 5.91 Å². The molecule has 8 heteroatoms. The first-order valence-electron chi connectivity index (χ1n) is 6.74. The molecule has 22 heavy (non-hydrogen) atoms. The lowest BCUT2D eigenvalue weighted by Crippen LogP contribution is -2.43. The average Bonchev–Trinajstić information content (AvgIpc) is 2.97. The smallest absolute Gasteiger partial charge is 0.243 e. The van der Waals surface area contributed by atoms with Crippen LogP contribution in [0.25, 0.3) is 11.4 Å². The van der Waals surface area contributed by atoms with Gasteiger partial charge in [-0.2, -0.15) is 0 Å². The van der Waals surface area contributed by atoms with Crippen LogP contribution in [-0.2, 0) is 4.79 Å². The van der Waals surface area contributed by atoms with Gasteiger partial charge in [0.05, 0.1) is 11.7 Å². The summed E-state index contributed by atoms with van der Waals surface area (Å²) in [5.41, 5.74) is 1.61. The van der Waals surface area contributed by atoms with E-state index in [4.69, 9.17) is 0 Å². The van der Waals surface area contributed by atoms with Gasteiger partial charge in [-0.3, -0.25) is 9.78 Å². The normalized spacial score (nSPS) is 17.0. The quantitative estimate of drug-likeness (QED) is 0.882. The highest BCUT2D eigenvalue weighted by molar-refractivity contribution is 7.14. The molecule has 120 valence electrons. The van der Waals surface area contributed by atoms with Crippen LogP contribution in [0.4, 0.5) is 5.13 Å². The number of amides is 1. The first kappa shape index (κ1) is 18.8. The Morgan fingerprint density at radius 1 is 1.27 bits per heavy atom. The number of hydrogen-bond donors (Lipinski definition) is 2. The zero-order chi connectivity index (χ0) is 13.8. The molecule has 2 aromatic rings. The SMILES string of the molecule is Cl.Cl.O=C(Nc1nc(-c2ccccn2)cs1)[C@H]1CCCCN1. The van der Waals surface area contributed by atoms with Crippen LogP contribution in [0.3, 0.4) is 0 Å². The lowest BCUT2D eigenvalue weighted by Gasteiger charge is -2.21. The average molecular weight is 361 g/mol. The molecule has 3 rings (SSSR count). The molecule has 2 N–H and O–H groups in total. The standard InChI is InChI=1S/C14H16N4OS.2ClH/c19-13(11-6-2-4-8-16-11)18-14-17-12(9-20-14)10-5-1-3-7-15-10;;/h1,3,5,7,9,11,16H,2,4,6,8H2,(H,17,18,19);2*1H/t11-;;/m1../s1. The van der Waals surface area contributed by atoms with E-state index in [1.807, 2.05) is 23.6 Å². The van der Waals surface area contributed by atoms with E-state index in [1.165, 1.54) is 11.3 Å². The number of nitrogens with zero attached hydrogens (tertiary/aromatic N) is 2. The van der Waals surface area contributed by atoms with E-state index < -0.39 is 0 Å². The number of hydrogen-bond acceptors (Lipinski definition) is 5. The Morgan fingerprint density at radius 2 is 2.14 bits per heavy atom. The highest BCUT2D eigenvalue weighted by Gasteiger charge is 2.21. The molecule has 1 fully saturated rings. The third-order valence-electron chi connectivity index (χ3n) is 3.29. The molecule has 3 heterocycles. The number of thiazole rings is 1. The molecular weight excluding hydrogens is 343 g/mol. The van der Waals surface area contributed by atoms with Crippen molar-refractivity contribution in [2.24, 2.45) is 0 Å². The van der Waals surface area contributed by atoms with Crippen LogP contribution >= 0.6 is 36.2 Å². The molecule has 0 radical (unpaired) electrons. The number of piperidine rings is 1. The van der Waals surface area contributed by atoms with Crippen LogP contribution in [0.1, 0.15) is 19.3 Å². The Labute approximate surface area is 145 Å². The van der Waals surface area contributed by atoms with Gasteiger partial charge in [-0.15, -0.1) is 36.2 Å². The van der Waals surface area contributed by atoms with Crippen molar-refractivity contribution in [3.63, 3.8) is 0 Å². The summed E-state index contributed by atoms with van der Waals surface area (Å²) in [6, 6.07) is 5.61. The molecule has 0 bridgehead atoms. The monoisotopic (exact) mass is 360 g/mol. The van der Waals surface area contributed by atoms with E-state index in [0.29, 0.717) is 5.13 Å². The Balaban J connectivity index is 0.00000121. The Kier molecular flexibility index (Phi) is 7.75. The number of aromatic nitrogens is 2. The van der Waals surface area contributed by atoms with Gasteiger partial charge >= 0.3 is 0 Å². The second-order valence-corrected chi connectivity index (χ2v) is 5.60. The van der Waals surface area contributed by atoms with Gasteiger partial charge in [-0.25, -0.2) is 4.98 Å². The fraction of sp³-hybridized carbons (Fsp3) is 0.357. The molecule has 5 nitrogen and oxygen atoms in total. The number of pyridine rings is 1. The highest BCUT2D eigenvalue weighted by Crippen LogP contribution is 2.23. The fourth-order valence-electron chi connectivity index (χ4n) is 2.23. The van der Waals surface area contributed by atoms with Crippen molar-refractivity contribution in [3.8, 4) is 11.4 Å². The van der Waals surface area contributed by atoms with Crippen LogP contribution in [0.15, 0.2) is 29.8 Å². The summed E-state index contributed by atoms with van der Waals surface area (Å²) in [5.74, 6) is 0.00613. The topological polar surface area (TPSA) is 66.9 Å². The fourth-order valence-corrected chi connectivity index (χ4v) is 2.94. The third-order valence-corrected chi connectivity index (χ3v) is 4.05. The van der Waals surface area contributed by atoms with Crippen LogP contribution in [0.2, 0.25) is 0 Å². The summed E-state index contributed by atoms with van der Waals surface area (Å²) in [7, 11) is 0. The number of rotatable bonds is 3. The number of carbonyl (C=O) groups excluding carboxylic acids is 1. The summed E-state index contributed by atoms with van der Waals surface area (Å²) in [6.45, 7) is 0.912. The zero-order valence-electron chi connectivity index (χ0n) is 11.8. The molecule has 1 amide bonds. The molecule has 0 unspecified atom stereocenters. The van der Waals surface area contributed by atoms with E-state index in [1.54, 1.807) is 6.20 Å². The molecule has 1 saturated heterocycles. The van der Waals surface area contributed by atoms with Crippen molar-refractivity contribution < 1.29 is 4.79 Å². The Bertz CT molecular complexity index is 588. The summed E-state index contributed by atoms with van der Waals surface area (Å²) in [5, 5.41) is 8.65. The second-order valence-electron chi connectivity index (χ2n) is 4.74. The number of nitrogens with one attached hydrogen (secondary N) is 2. The molecule has 0 aliphatic carbocycles. The van der Waals surface area contributed by atoms with Crippen LogP contribution in [0, 0.1) is 0 Å². The van der Waals surface area contributed by atoms with Gasteiger partial charge in [0.1, 0.15) is 5.69 Å². The van der Waals surface area contributed by atoms with Crippen LogP contribution in [0.5, 0.6) is 0 Å². The maximum atomic E-state index is 12.1. The maximum Gasteiger partial charge on any atom is 0.243 e. The van der Waals surface area contributed by atoms with Gasteiger partial charge in [0.15, 0.2) is 5.13 Å². The van der Waals surface area contributed by atoms with Crippen molar-refractivity contribution >= 4 is 47.2 Å². The van der Waals surface area contributed by atoms with Gasteiger partial charge in [-0.05, 0) is 31.5 Å². The molecule has 1 aliphatic heterocycles. The number of carbonyl (C=O) groups is 1. The van der Waals surface area contributed by atoms with Crippen molar-refractivity contribution in [3.05, 3.63) is 29.8 Å². The summed E-state index contributed by atoms with van der Waals surface area (Å²) in [4.78, 5) is 20.8. The zero-order valence-corrected chi connectivity index (χ0v) is 14.3. The molecule has 2 aromatic heterocycles. The molecule has 1 atom stereocenters. The minimum atomic E-state index is -0.0917. The largest absolute Gasteiger partial charge is 0.306 e. The molecule has 0 aromatic carbocycles. The first-order valence-corrected chi connectivity index (χ1v) is 7.62. The van der Waals surface area contributed by atoms with Crippen molar-refractivity contribution in [2.75, 3.05) is 11.9 Å². The Morgan fingerprint density at radius 3 is 2.82 bits per heavy atom. The summed E-state index contributed by atoms with van der Waals surface area (Å²) < 4.78 is 0. The minimum Gasteiger partial charge on any atom is -0.306 e. The molecule has 0 spiro atoms. The van der Waals surface area contributed by atoms with E-state index in [0.717, 1.165) is 37.2 Å². The van der Waals surface area contributed by atoms with Crippen LogP contribution in [-0.4, -0.2) is 28.5 Å². The molecule has 1 aliphatic rings. The summed E-state index contributed by atoms with van der Waals surface area (Å²) >= 11 is 1.43. The molecular formula is C14H18Cl2N4OS. The van der Waals surface area contributed by atoms with Gasteiger partial charge in [0.25, 0.3) is 0 Å². The summed E-state index contributed by atoms with van der Waals surface area (Å²) in [6.07, 6.45) is 4.87. The second kappa shape index (κ2) is 9.05. The van der Waals surface area contributed by atoms with Crippen molar-refractivity contribution in [1.29, 1.82) is 0 Å². The first-order chi connectivity index (χ1) is 9.83. The van der Waals surface area contributed by atoms with Gasteiger partial charge < -0.3 is 10.6 Å².